The topological polar surface area (TPSA) is 108 Å². The number of benzene rings is 2. The quantitative estimate of drug-likeness (QED) is 0.449. The van der Waals surface area contributed by atoms with Crippen molar-refractivity contribution in [2.45, 2.75) is 33.4 Å². The van der Waals surface area contributed by atoms with E-state index in [1.165, 1.54) is 10.7 Å². The van der Waals surface area contributed by atoms with Crippen LogP contribution in [0.3, 0.4) is 0 Å². The first-order chi connectivity index (χ1) is 16.4. The van der Waals surface area contributed by atoms with Gasteiger partial charge in [0.05, 0.1) is 29.8 Å². The first-order valence-corrected chi connectivity index (χ1v) is 10.6. The third kappa shape index (κ3) is 4.96. The van der Waals surface area contributed by atoms with Gasteiger partial charge in [0.1, 0.15) is 11.9 Å². The molecule has 34 heavy (non-hydrogen) atoms. The molecule has 2 aromatic carbocycles. The number of halogens is 1. The van der Waals surface area contributed by atoms with Crippen molar-refractivity contribution in [1.82, 2.24) is 35.5 Å². The van der Waals surface area contributed by atoms with Gasteiger partial charge in [-0.3, -0.25) is 14.8 Å². The van der Waals surface area contributed by atoms with Gasteiger partial charge in [-0.25, -0.2) is 4.39 Å². The number of nitrogens with zero attached hydrogens (tertiary/aromatic N) is 6. The summed E-state index contributed by atoms with van der Waals surface area (Å²) in [6.07, 6.45) is 2.85. The maximum absolute atomic E-state index is 14.8. The number of hydrogen-bond donors (Lipinski definition) is 1. The third-order valence-corrected chi connectivity index (χ3v) is 5.34. The molecule has 0 fully saturated rings. The molecule has 0 saturated carbocycles. The van der Waals surface area contributed by atoms with E-state index in [2.05, 4.69) is 30.8 Å². The zero-order valence-corrected chi connectivity index (χ0v) is 19.3. The number of hydrogen-bond acceptors (Lipinski definition) is 7. The maximum atomic E-state index is 14.8. The molecule has 174 valence electrons. The molecule has 0 saturated heterocycles. The van der Waals surface area contributed by atoms with Crippen LogP contribution in [0, 0.1) is 19.7 Å². The van der Waals surface area contributed by atoms with Gasteiger partial charge >= 0.3 is 0 Å². The summed E-state index contributed by atoms with van der Waals surface area (Å²) in [5.74, 6) is -0.293. The van der Waals surface area contributed by atoms with E-state index >= 15 is 0 Å². The number of aromatic nitrogens is 6. The fourth-order valence-electron chi connectivity index (χ4n) is 3.39. The van der Waals surface area contributed by atoms with Gasteiger partial charge in [0.15, 0.2) is 5.82 Å². The summed E-state index contributed by atoms with van der Waals surface area (Å²) in [5, 5.41) is 14.7. The lowest BCUT2D eigenvalue weighted by Crippen LogP contribution is -2.24. The second kappa shape index (κ2) is 9.84. The minimum Gasteiger partial charge on any atom is -0.374 e. The Kier molecular flexibility index (Phi) is 6.69. The normalized spacial score (nSPS) is 11.9. The summed E-state index contributed by atoms with van der Waals surface area (Å²) >= 11 is 0. The van der Waals surface area contributed by atoms with Gasteiger partial charge in [0, 0.05) is 24.4 Å². The van der Waals surface area contributed by atoms with Gasteiger partial charge in [0.25, 0.3) is 5.91 Å². The van der Waals surface area contributed by atoms with Crippen LogP contribution in [0.4, 0.5) is 4.39 Å². The van der Waals surface area contributed by atoms with Crippen molar-refractivity contribution in [3.63, 3.8) is 0 Å². The molecule has 0 aliphatic heterocycles. The molecular weight excluding hydrogens is 437 g/mol. The third-order valence-electron chi connectivity index (χ3n) is 5.34. The largest absolute Gasteiger partial charge is 0.374 e. The highest BCUT2D eigenvalue weighted by Gasteiger charge is 2.19. The fourth-order valence-corrected chi connectivity index (χ4v) is 3.39. The second-order valence-corrected chi connectivity index (χ2v) is 7.91. The van der Waals surface area contributed by atoms with E-state index in [0.29, 0.717) is 33.9 Å². The lowest BCUT2D eigenvalue weighted by atomic mass is 10.00. The molecule has 4 aromatic rings. The molecule has 4 rings (SSSR count). The van der Waals surface area contributed by atoms with Crippen LogP contribution in [-0.2, 0) is 11.3 Å². The van der Waals surface area contributed by atoms with Crippen molar-refractivity contribution in [2.24, 2.45) is 0 Å². The van der Waals surface area contributed by atoms with E-state index in [9.17, 15) is 9.18 Å². The summed E-state index contributed by atoms with van der Waals surface area (Å²) in [5.41, 5.74) is 3.90. The predicted molar refractivity (Wildman–Crippen MR) is 123 cm³/mol. The van der Waals surface area contributed by atoms with Crippen molar-refractivity contribution in [3.8, 4) is 16.8 Å². The Morgan fingerprint density at radius 1 is 1.15 bits per heavy atom. The maximum Gasteiger partial charge on any atom is 0.251 e. The smallest absolute Gasteiger partial charge is 0.251 e. The zero-order chi connectivity index (χ0) is 24.2. The molecule has 0 spiro atoms. The summed E-state index contributed by atoms with van der Waals surface area (Å²) in [4.78, 5) is 21.5. The first kappa shape index (κ1) is 23.1. The summed E-state index contributed by atoms with van der Waals surface area (Å²) < 4.78 is 21.7. The van der Waals surface area contributed by atoms with Gasteiger partial charge < -0.3 is 10.1 Å². The Labute approximate surface area is 196 Å². The van der Waals surface area contributed by atoms with Crippen LogP contribution in [0.15, 0.2) is 48.8 Å². The number of aryl methyl sites for hydroxylation is 2. The van der Waals surface area contributed by atoms with E-state index in [-0.39, 0.29) is 18.3 Å². The van der Waals surface area contributed by atoms with Gasteiger partial charge in [0.2, 0.25) is 0 Å². The van der Waals surface area contributed by atoms with E-state index in [1.807, 2.05) is 26.8 Å². The number of nitrogens with one attached hydrogen (secondary N) is 1. The Morgan fingerprint density at radius 3 is 2.68 bits per heavy atom. The molecule has 1 N–H and O–H groups in total. The van der Waals surface area contributed by atoms with Crippen molar-refractivity contribution >= 4 is 5.91 Å². The molecule has 1 unspecified atom stereocenters. The first-order valence-electron chi connectivity index (χ1n) is 10.6. The van der Waals surface area contributed by atoms with Crippen LogP contribution in [-0.4, -0.2) is 43.2 Å². The predicted octanol–water partition coefficient (Wildman–Crippen LogP) is 3.51. The second-order valence-electron chi connectivity index (χ2n) is 7.91. The number of carbonyl (C=O) groups is 1. The van der Waals surface area contributed by atoms with Gasteiger partial charge in [-0.05, 0) is 66.6 Å². The number of tetrazole rings is 1. The lowest BCUT2D eigenvalue weighted by molar-refractivity contribution is 0.0950. The van der Waals surface area contributed by atoms with Gasteiger partial charge in [-0.15, -0.1) is 5.10 Å². The monoisotopic (exact) mass is 461 g/mol. The van der Waals surface area contributed by atoms with E-state index < -0.39 is 6.10 Å². The molecule has 0 bridgehead atoms. The molecule has 1 amide bonds. The molecule has 0 aliphatic rings. The average Bonchev–Trinajstić information content (AvgIpc) is 3.33. The van der Waals surface area contributed by atoms with Gasteiger partial charge in [-0.1, -0.05) is 12.1 Å². The average molecular weight is 462 g/mol. The van der Waals surface area contributed by atoms with E-state index in [0.717, 1.165) is 11.3 Å². The molecular formula is C24H24FN7O2. The molecule has 10 heteroatoms. The van der Waals surface area contributed by atoms with Crippen LogP contribution in [0.25, 0.3) is 16.8 Å². The number of carbonyl (C=O) groups excluding carboxylic acids is 1. The van der Waals surface area contributed by atoms with E-state index in [1.54, 1.807) is 43.8 Å². The Hall–Kier alpha value is -4.05. The Morgan fingerprint density at radius 2 is 1.97 bits per heavy atom. The lowest BCUT2D eigenvalue weighted by Gasteiger charge is -2.14. The summed E-state index contributed by atoms with van der Waals surface area (Å²) in [7, 11) is 1.55. The van der Waals surface area contributed by atoms with Crippen LogP contribution in [0.2, 0.25) is 0 Å². The minimum atomic E-state index is -0.396. The van der Waals surface area contributed by atoms with E-state index in [4.69, 9.17) is 4.74 Å². The number of amides is 1. The van der Waals surface area contributed by atoms with Crippen LogP contribution < -0.4 is 5.32 Å². The summed E-state index contributed by atoms with van der Waals surface area (Å²) in [6, 6.07) is 9.97. The Balaban J connectivity index is 1.75. The van der Waals surface area contributed by atoms with Crippen LogP contribution in [0.5, 0.6) is 0 Å². The highest BCUT2D eigenvalue weighted by molar-refractivity contribution is 5.96. The SMILES string of the molecule is COC(C)c1nnnn1-c1cc(C(=O)NCc2cnc(C)cn2)cc(-c2ccc(C)cc2F)c1. The summed E-state index contributed by atoms with van der Waals surface area (Å²) in [6.45, 7) is 5.66. The highest BCUT2D eigenvalue weighted by atomic mass is 19.1. The standard InChI is InChI=1S/C24H24FN7O2/c1-14-5-6-21(22(25)7-14)17-8-18(24(33)28-13-19-12-26-15(2)11-27-19)10-20(9-17)32-23(16(3)34-4)29-30-31-32/h5-12,16H,13H2,1-4H3,(H,28,33). The van der Waals surface area contributed by atoms with Crippen molar-refractivity contribution in [3.05, 3.63) is 82.9 Å². The molecule has 0 aliphatic carbocycles. The Bertz CT molecular complexity index is 1320. The minimum absolute atomic E-state index is 0.196. The number of methoxy groups -OCH3 is 1. The van der Waals surface area contributed by atoms with Gasteiger partial charge in [-0.2, -0.15) is 4.68 Å². The molecule has 2 aromatic heterocycles. The van der Waals surface area contributed by atoms with Crippen molar-refractivity contribution < 1.29 is 13.9 Å². The molecule has 1 atom stereocenters. The molecule has 0 radical (unpaired) electrons. The van der Waals surface area contributed by atoms with Crippen LogP contribution in [0.1, 0.15) is 46.2 Å². The number of rotatable bonds is 7. The van der Waals surface area contributed by atoms with Crippen LogP contribution >= 0.6 is 0 Å². The highest BCUT2D eigenvalue weighted by Crippen LogP contribution is 2.28. The molecule has 2 heterocycles. The zero-order valence-electron chi connectivity index (χ0n) is 19.3. The van der Waals surface area contributed by atoms with Crippen molar-refractivity contribution in [1.29, 1.82) is 0 Å². The molecule has 9 nitrogen and oxygen atoms in total. The fraction of sp³-hybridized carbons (Fsp3) is 0.250. The number of ether oxygens (including phenoxy) is 1. The van der Waals surface area contributed by atoms with Crippen molar-refractivity contribution in [2.75, 3.05) is 7.11 Å².